The van der Waals surface area contributed by atoms with Gasteiger partial charge in [0.25, 0.3) is 5.91 Å². The van der Waals surface area contributed by atoms with Gasteiger partial charge in [0, 0.05) is 23.0 Å². The smallest absolute Gasteiger partial charge is 0.254 e. The van der Waals surface area contributed by atoms with Crippen LogP contribution in [-0.2, 0) is 16.0 Å². The third kappa shape index (κ3) is 6.53. The summed E-state index contributed by atoms with van der Waals surface area (Å²) < 4.78 is 5.14. The first kappa shape index (κ1) is 23.7. The number of rotatable bonds is 10. The Morgan fingerprint density at radius 1 is 1.16 bits per heavy atom. The molecule has 32 heavy (non-hydrogen) atoms. The molecule has 0 bridgehead atoms. The molecule has 9 heteroatoms. The summed E-state index contributed by atoms with van der Waals surface area (Å²) in [6, 6.07) is 7.02. The van der Waals surface area contributed by atoms with Crippen LogP contribution in [0, 0.1) is 5.92 Å². The lowest BCUT2D eigenvalue weighted by molar-refractivity contribution is -0.121. The Morgan fingerprint density at radius 2 is 1.84 bits per heavy atom. The predicted molar refractivity (Wildman–Crippen MR) is 124 cm³/mol. The van der Waals surface area contributed by atoms with E-state index in [-0.39, 0.29) is 42.8 Å². The molecule has 1 unspecified atom stereocenters. The molecule has 0 spiro atoms. The summed E-state index contributed by atoms with van der Waals surface area (Å²) in [5, 5.41) is 7.88. The maximum Gasteiger partial charge on any atom is 0.254 e. The third-order valence-electron chi connectivity index (χ3n) is 5.43. The van der Waals surface area contributed by atoms with Crippen molar-refractivity contribution in [2.24, 2.45) is 5.92 Å². The monoisotopic (exact) mass is 458 g/mol. The third-order valence-corrected chi connectivity index (χ3v) is 6.23. The fourth-order valence-electron chi connectivity index (χ4n) is 3.05. The number of nitrogens with zero attached hydrogens (tertiary/aromatic N) is 2. The number of benzene rings is 1. The molecule has 1 fully saturated rings. The molecule has 8 nitrogen and oxygen atoms in total. The van der Waals surface area contributed by atoms with Gasteiger partial charge in [0.15, 0.2) is 5.13 Å². The molecule has 1 aliphatic carbocycles. The van der Waals surface area contributed by atoms with Crippen molar-refractivity contribution < 1.29 is 19.1 Å². The van der Waals surface area contributed by atoms with Gasteiger partial charge in [-0.3, -0.25) is 14.4 Å². The maximum absolute atomic E-state index is 12.9. The number of aromatic nitrogens is 1. The van der Waals surface area contributed by atoms with Gasteiger partial charge in [-0.05, 0) is 49.9 Å². The Morgan fingerprint density at radius 3 is 2.44 bits per heavy atom. The zero-order valence-electron chi connectivity index (χ0n) is 18.9. The summed E-state index contributed by atoms with van der Waals surface area (Å²) in [5.74, 6) is 0.432. The fourth-order valence-corrected chi connectivity index (χ4v) is 3.77. The van der Waals surface area contributed by atoms with E-state index in [1.54, 1.807) is 41.7 Å². The SMILES string of the molecule is COc1ccc(C(=O)N(CC(=O)Nc2nc(CC(=O)NC(C)C(C)C)cs2)C2CC2)cc1. The van der Waals surface area contributed by atoms with Crippen molar-refractivity contribution in [1.29, 1.82) is 0 Å². The lowest BCUT2D eigenvalue weighted by Crippen LogP contribution is -2.39. The van der Waals surface area contributed by atoms with Gasteiger partial charge < -0.3 is 20.3 Å². The topological polar surface area (TPSA) is 101 Å². The number of carbonyl (C=O) groups excluding carboxylic acids is 3. The number of methoxy groups -OCH3 is 1. The fraction of sp³-hybridized carbons (Fsp3) is 0.478. The van der Waals surface area contributed by atoms with E-state index in [1.165, 1.54) is 11.3 Å². The number of hydrogen-bond acceptors (Lipinski definition) is 6. The van der Waals surface area contributed by atoms with E-state index in [2.05, 4.69) is 15.6 Å². The van der Waals surface area contributed by atoms with Crippen molar-refractivity contribution in [3.63, 3.8) is 0 Å². The van der Waals surface area contributed by atoms with Crippen LogP contribution in [0.15, 0.2) is 29.6 Å². The maximum atomic E-state index is 12.9. The minimum absolute atomic E-state index is 0.0448. The highest BCUT2D eigenvalue weighted by Gasteiger charge is 2.34. The Balaban J connectivity index is 1.55. The van der Waals surface area contributed by atoms with E-state index >= 15 is 0 Å². The largest absolute Gasteiger partial charge is 0.497 e. The molecule has 2 aromatic rings. The van der Waals surface area contributed by atoms with Crippen molar-refractivity contribution in [2.75, 3.05) is 19.0 Å². The van der Waals surface area contributed by atoms with Crippen molar-refractivity contribution in [2.45, 2.75) is 52.1 Å². The van der Waals surface area contributed by atoms with Crippen LogP contribution in [0.1, 0.15) is 49.7 Å². The van der Waals surface area contributed by atoms with Crippen molar-refractivity contribution in [3.8, 4) is 5.75 Å². The van der Waals surface area contributed by atoms with Crippen LogP contribution >= 0.6 is 11.3 Å². The molecule has 1 atom stereocenters. The first-order valence-corrected chi connectivity index (χ1v) is 11.6. The quantitative estimate of drug-likeness (QED) is 0.570. The molecule has 0 aliphatic heterocycles. The average Bonchev–Trinajstić information content (AvgIpc) is 3.52. The van der Waals surface area contributed by atoms with Crippen molar-refractivity contribution >= 4 is 34.2 Å². The van der Waals surface area contributed by atoms with Gasteiger partial charge >= 0.3 is 0 Å². The predicted octanol–water partition coefficient (Wildman–Crippen LogP) is 3.10. The molecule has 1 heterocycles. The van der Waals surface area contributed by atoms with Crippen LogP contribution in [0.5, 0.6) is 5.75 Å². The number of carbonyl (C=O) groups is 3. The van der Waals surface area contributed by atoms with E-state index in [4.69, 9.17) is 4.74 Å². The van der Waals surface area contributed by atoms with E-state index < -0.39 is 0 Å². The molecule has 3 amide bonds. The second kappa shape index (κ2) is 10.6. The van der Waals surface area contributed by atoms with Crippen LogP contribution in [0.3, 0.4) is 0 Å². The molecule has 1 aromatic carbocycles. The Hall–Kier alpha value is -2.94. The number of hydrogen-bond donors (Lipinski definition) is 2. The van der Waals surface area contributed by atoms with Gasteiger partial charge in [0.05, 0.1) is 19.2 Å². The summed E-state index contributed by atoms with van der Waals surface area (Å²) in [4.78, 5) is 43.6. The summed E-state index contributed by atoms with van der Waals surface area (Å²) in [6.45, 7) is 6.02. The summed E-state index contributed by atoms with van der Waals surface area (Å²) in [6.07, 6.45) is 1.94. The number of thiazole rings is 1. The van der Waals surface area contributed by atoms with Gasteiger partial charge in [-0.25, -0.2) is 4.98 Å². The number of anilines is 1. The minimum atomic E-state index is -0.308. The Kier molecular flexibility index (Phi) is 7.84. The van der Waals surface area contributed by atoms with Gasteiger partial charge in [-0.2, -0.15) is 0 Å². The second-order valence-corrected chi connectivity index (χ2v) is 9.22. The van der Waals surface area contributed by atoms with Crippen LogP contribution in [0.25, 0.3) is 0 Å². The number of ether oxygens (including phenoxy) is 1. The zero-order chi connectivity index (χ0) is 23.3. The van der Waals surface area contributed by atoms with E-state index in [0.29, 0.717) is 28.1 Å². The Bertz CT molecular complexity index is 953. The lowest BCUT2D eigenvalue weighted by atomic mass is 10.1. The summed E-state index contributed by atoms with van der Waals surface area (Å²) in [7, 11) is 1.57. The first-order chi connectivity index (χ1) is 15.3. The second-order valence-electron chi connectivity index (χ2n) is 8.36. The lowest BCUT2D eigenvalue weighted by Gasteiger charge is -2.21. The van der Waals surface area contributed by atoms with Crippen LogP contribution in [-0.4, -0.2) is 53.3 Å². The molecular formula is C23H30N4O4S. The molecule has 1 aliphatic rings. The average molecular weight is 459 g/mol. The highest BCUT2D eigenvalue weighted by Crippen LogP contribution is 2.28. The highest BCUT2D eigenvalue weighted by molar-refractivity contribution is 7.13. The molecule has 0 saturated heterocycles. The van der Waals surface area contributed by atoms with E-state index in [0.717, 1.165) is 12.8 Å². The van der Waals surface area contributed by atoms with Crippen LogP contribution < -0.4 is 15.4 Å². The van der Waals surface area contributed by atoms with Gasteiger partial charge in [-0.15, -0.1) is 11.3 Å². The molecule has 172 valence electrons. The van der Waals surface area contributed by atoms with Gasteiger partial charge in [-0.1, -0.05) is 13.8 Å². The normalized spacial score (nSPS) is 14.0. The number of amides is 3. The van der Waals surface area contributed by atoms with Crippen molar-refractivity contribution in [1.82, 2.24) is 15.2 Å². The number of nitrogens with one attached hydrogen (secondary N) is 2. The molecule has 0 radical (unpaired) electrons. The molecule has 1 aromatic heterocycles. The van der Waals surface area contributed by atoms with E-state index in [9.17, 15) is 14.4 Å². The Labute approximate surface area is 192 Å². The van der Waals surface area contributed by atoms with Gasteiger partial charge in [0.1, 0.15) is 12.3 Å². The standard InChI is InChI=1S/C23H30N4O4S/c1-14(2)15(3)24-20(28)11-17-13-32-23(25-17)26-21(29)12-27(18-7-8-18)22(30)16-5-9-19(31-4)10-6-16/h5-6,9-10,13-15,18H,7-8,11-12H2,1-4H3,(H,24,28)(H,25,26,29). The van der Waals surface area contributed by atoms with Gasteiger partial charge in [0.2, 0.25) is 11.8 Å². The van der Waals surface area contributed by atoms with E-state index in [1.807, 2.05) is 20.8 Å². The molecular weight excluding hydrogens is 428 g/mol. The van der Waals surface area contributed by atoms with Crippen LogP contribution in [0.4, 0.5) is 5.13 Å². The van der Waals surface area contributed by atoms with Crippen molar-refractivity contribution in [3.05, 3.63) is 40.9 Å². The van der Waals surface area contributed by atoms with Crippen LogP contribution in [0.2, 0.25) is 0 Å². The highest BCUT2D eigenvalue weighted by atomic mass is 32.1. The molecule has 2 N–H and O–H groups in total. The first-order valence-electron chi connectivity index (χ1n) is 10.8. The minimum Gasteiger partial charge on any atom is -0.497 e. The molecule has 3 rings (SSSR count). The summed E-state index contributed by atoms with van der Waals surface area (Å²) >= 11 is 1.26. The zero-order valence-corrected chi connectivity index (χ0v) is 19.7. The molecule has 1 saturated carbocycles. The summed E-state index contributed by atoms with van der Waals surface area (Å²) in [5.41, 5.74) is 1.12.